The highest BCUT2D eigenvalue weighted by Gasteiger charge is 2.23. The molecule has 7 nitrogen and oxygen atoms in total. The molecule has 1 atom stereocenters. The van der Waals surface area contributed by atoms with E-state index in [2.05, 4.69) is 30.3 Å². The number of fused-ring (bicyclic) bond motifs is 1. The molecule has 0 saturated carbocycles. The molecule has 0 saturated heterocycles. The molecule has 32 heavy (non-hydrogen) atoms. The molecule has 3 aromatic heterocycles. The highest BCUT2D eigenvalue weighted by atomic mass is 32.2. The van der Waals surface area contributed by atoms with Crippen LogP contribution in [-0.4, -0.2) is 25.8 Å². The molecule has 5 rings (SSSR count). The second kappa shape index (κ2) is 8.39. The fourth-order valence-corrected chi connectivity index (χ4v) is 4.74. The van der Waals surface area contributed by atoms with E-state index in [0.717, 1.165) is 33.3 Å². The molecule has 4 heterocycles. The van der Waals surface area contributed by atoms with Gasteiger partial charge in [0.05, 0.1) is 27.7 Å². The number of thioether (sulfide) groups is 1. The van der Waals surface area contributed by atoms with Crippen LogP contribution in [0.2, 0.25) is 0 Å². The van der Waals surface area contributed by atoms with Gasteiger partial charge in [-0.3, -0.25) is 14.2 Å². The first-order valence-corrected chi connectivity index (χ1v) is 11.1. The number of nitrogens with one attached hydrogen (secondary N) is 3. The Kier molecular flexibility index (Phi) is 5.28. The third-order valence-electron chi connectivity index (χ3n) is 5.23. The van der Waals surface area contributed by atoms with Crippen molar-refractivity contribution < 1.29 is 4.79 Å². The van der Waals surface area contributed by atoms with Crippen molar-refractivity contribution in [1.29, 1.82) is 0 Å². The van der Waals surface area contributed by atoms with Gasteiger partial charge in [0.2, 0.25) is 0 Å². The Morgan fingerprint density at radius 1 is 1.09 bits per heavy atom. The maximum absolute atomic E-state index is 12.7. The van der Waals surface area contributed by atoms with Gasteiger partial charge >= 0.3 is 0 Å². The molecular weight excluding hydrogens is 420 g/mol. The van der Waals surface area contributed by atoms with Crippen LogP contribution < -0.4 is 16.0 Å². The quantitative estimate of drug-likeness (QED) is 0.418. The van der Waals surface area contributed by atoms with Crippen molar-refractivity contribution in [1.82, 2.24) is 19.7 Å². The smallest absolute Gasteiger partial charge is 0.255 e. The summed E-state index contributed by atoms with van der Waals surface area (Å²) in [5.41, 5.74) is 5.87. The van der Waals surface area contributed by atoms with Gasteiger partial charge in [0.1, 0.15) is 11.1 Å². The Balaban J connectivity index is 1.28. The van der Waals surface area contributed by atoms with E-state index in [1.54, 1.807) is 30.1 Å². The second-order valence-corrected chi connectivity index (χ2v) is 8.61. The largest absolute Gasteiger partial charge is 0.362 e. The summed E-state index contributed by atoms with van der Waals surface area (Å²) in [7, 11) is 0. The summed E-state index contributed by atoms with van der Waals surface area (Å²) in [6, 6.07) is 17.1. The van der Waals surface area contributed by atoms with Gasteiger partial charge in [-0.25, -0.2) is 4.98 Å². The number of benzene rings is 1. The van der Waals surface area contributed by atoms with Gasteiger partial charge in [0.25, 0.3) is 5.91 Å². The van der Waals surface area contributed by atoms with Crippen LogP contribution in [0.3, 0.4) is 0 Å². The van der Waals surface area contributed by atoms with Crippen LogP contribution in [0.25, 0.3) is 10.6 Å². The van der Waals surface area contributed by atoms with Crippen LogP contribution in [0.15, 0.2) is 73.2 Å². The molecule has 8 heteroatoms. The van der Waals surface area contributed by atoms with E-state index in [1.165, 1.54) is 0 Å². The number of rotatable bonds is 5. The number of pyridine rings is 2. The van der Waals surface area contributed by atoms with Crippen molar-refractivity contribution in [3.8, 4) is 0 Å². The molecular formula is C24H22N6OS. The number of aromatic nitrogens is 3. The highest BCUT2D eigenvalue weighted by molar-refractivity contribution is 8.09. The minimum atomic E-state index is -0.169. The molecule has 0 spiro atoms. The predicted octanol–water partition coefficient (Wildman–Crippen LogP) is 4.63. The van der Waals surface area contributed by atoms with Crippen LogP contribution in [-0.2, 0) is 0 Å². The average Bonchev–Trinajstić information content (AvgIpc) is 3.38. The molecule has 0 aliphatic carbocycles. The Bertz CT molecular complexity index is 1350. The van der Waals surface area contributed by atoms with Gasteiger partial charge in [-0.05, 0) is 56.3 Å². The fraction of sp³-hybridized carbons (Fsp3) is 0.125. The van der Waals surface area contributed by atoms with Crippen LogP contribution in [0.4, 0.5) is 11.4 Å². The normalized spacial score (nSPS) is 15.3. The standard InChI is InChI=1S/C24H22N6OS/c1-15-19(9-6-11-25-15)29-23(31)17-7-5-8-18(13-17)28-24-26-14-20(32-24)22-16(2)27-21-10-3-4-12-30(21)22/h3-14,24,26,28H,1-2H3,(H,29,31). The molecule has 0 radical (unpaired) electrons. The summed E-state index contributed by atoms with van der Waals surface area (Å²) < 4.78 is 2.10. The van der Waals surface area contributed by atoms with E-state index in [9.17, 15) is 4.79 Å². The van der Waals surface area contributed by atoms with Crippen molar-refractivity contribution in [2.45, 2.75) is 19.3 Å². The third-order valence-corrected chi connectivity index (χ3v) is 6.28. The van der Waals surface area contributed by atoms with Crippen molar-refractivity contribution in [2.24, 2.45) is 0 Å². The summed E-state index contributed by atoms with van der Waals surface area (Å²) in [6.07, 6.45) is 5.74. The van der Waals surface area contributed by atoms with Crippen LogP contribution in [0.5, 0.6) is 0 Å². The van der Waals surface area contributed by atoms with E-state index in [1.807, 2.05) is 68.7 Å². The summed E-state index contributed by atoms with van der Waals surface area (Å²) in [6.45, 7) is 3.89. The SMILES string of the molecule is Cc1ncccc1NC(=O)c1cccc(NC2NC=C(c3c(C)nc4ccccn34)S2)c1. The van der Waals surface area contributed by atoms with Gasteiger partial charge in [0, 0.05) is 29.8 Å². The molecule has 1 aliphatic heterocycles. The van der Waals surface area contributed by atoms with Crippen molar-refractivity contribution in [3.05, 3.63) is 95.8 Å². The highest BCUT2D eigenvalue weighted by Crippen LogP contribution is 2.36. The van der Waals surface area contributed by atoms with E-state index in [0.29, 0.717) is 11.3 Å². The molecule has 1 aromatic carbocycles. The van der Waals surface area contributed by atoms with Gasteiger partial charge < -0.3 is 16.0 Å². The van der Waals surface area contributed by atoms with Crippen LogP contribution in [0.1, 0.15) is 27.4 Å². The van der Waals surface area contributed by atoms with Gasteiger partial charge in [0.15, 0.2) is 0 Å². The monoisotopic (exact) mass is 442 g/mol. The number of carbonyl (C=O) groups excluding carboxylic acids is 1. The lowest BCUT2D eigenvalue weighted by molar-refractivity contribution is 0.102. The minimum absolute atomic E-state index is 0.0578. The third kappa shape index (κ3) is 3.92. The first-order valence-electron chi connectivity index (χ1n) is 10.2. The number of amides is 1. The summed E-state index contributed by atoms with van der Waals surface area (Å²) in [5.74, 6) is -0.169. The van der Waals surface area contributed by atoms with Crippen LogP contribution >= 0.6 is 11.8 Å². The van der Waals surface area contributed by atoms with Crippen molar-refractivity contribution in [2.75, 3.05) is 10.6 Å². The lowest BCUT2D eigenvalue weighted by Gasteiger charge is -2.15. The van der Waals surface area contributed by atoms with Crippen LogP contribution in [0, 0.1) is 13.8 Å². The van der Waals surface area contributed by atoms with Crippen molar-refractivity contribution in [3.63, 3.8) is 0 Å². The van der Waals surface area contributed by atoms with Gasteiger partial charge in [-0.15, -0.1) is 0 Å². The zero-order chi connectivity index (χ0) is 22.1. The number of anilines is 2. The lowest BCUT2D eigenvalue weighted by Crippen LogP contribution is -2.25. The zero-order valence-electron chi connectivity index (χ0n) is 17.7. The first kappa shape index (κ1) is 20.1. The molecule has 1 unspecified atom stereocenters. The van der Waals surface area contributed by atoms with E-state index >= 15 is 0 Å². The Morgan fingerprint density at radius 2 is 2.00 bits per heavy atom. The Morgan fingerprint density at radius 3 is 2.88 bits per heavy atom. The maximum Gasteiger partial charge on any atom is 0.255 e. The Labute approximate surface area is 190 Å². The molecule has 160 valence electrons. The number of carbonyl (C=O) groups is 1. The summed E-state index contributed by atoms with van der Waals surface area (Å²) in [5, 5.41) is 9.75. The van der Waals surface area contributed by atoms with E-state index in [-0.39, 0.29) is 11.4 Å². The number of nitrogens with zero attached hydrogens (tertiary/aromatic N) is 3. The maximum atomic E-state index is 12.7. The predicted molar refractivity (Wildman–Crippen MR) is 129 cm³/mol. The van der Waals surface area contributed by atoms with E-state index < -0.39 is 0 Å². The molecule has 4 aromatic rings. The molecule has 1 aliphatic rings. The lowest BCUT2D eigenvalue weighted by atomic mass is 10.2. The minimum Gasteiger partial charge on any atom is -0.362 e. The number of hydrogen-bond donors (Lipinski definition) is 3. The molecule has 0 fully saturated rings. The summed E-state index contributed by atoms with van der Waals surface area (Å²) >= 11 is 1.68. The first-order chi connectivity index (χ1) is 15.6. The van der Waals surface area contributed by atoms with E-state index in [4.69, 9.17) is 0 Å². The average molecular weight is 443 g/mol. The zero-order valence-corrected chi connectivity index (χ0v) is 18.5. The van der Waals surface area contributed by atoms with Gasteiger partial charge in [-0.1, -0.05) is 23.9 Å². The second-order valence-electron chi connectivity index (χ2n) is 7.46. The van der Waals surface area contributed by atoms with Crippen molar-refractivity contribution >= 4 is 39.6 Å². The molecule has 1 amide bonds. The molecule has 0 bridgehead atoms. The summed E-state index contributed by atoms with van der Waals surface area (Å²) in [4.78, 5) is 22.7. The number of hydrogen-bond acceptors (Lipinski definition) is 6. The topological polar surface area (TPSA) is 83.3 Å². The number of imidazole rings is 1. The van der Waals surface area contributed by atoms with Gasteiger partial charge in [-0.2, -0.15) is 0 Å². The Hall–Kier alpha value is -3.78. The number of aryl methyl sites for hydroxylation is 2. The molecule has 3 N–H and O–H groups in total. The fourth-order valence-electron chi connectivity index (χ4n) is 3.66.